The number of allylic oxidation sites excluding steroid dienone is 1. The molecule has 3 aromatic carbocycles. The molecule has 3 unspecified atom stereocenters. The van der Waals surface area contributed by atoms with Crippen LogP contribution in [0.2, 0.25) is 0 Å². The lowest BCUT2D eigenvalue weighted by Crippen LogP contribution is -2.34. The number of ether oxygens (including phenoxy) is 2. The maximum atomic E-state index is 13.7. The molecule has 0 spiro atoms. The number of fused-ring (bicyclic) bond motifs is 2. The zero-order valence-corrected chi connectivity index (χ0v) is 19.1. The maximum absolute atomic E-state index is 13.7. The van der Waals surface area contributed by atoms with Crippen molar-refractivity contribution in [1.82, 2.24) is 0 Å². The molecule has 0 saturated heterocycles. The van der Waals surface area contributed by atoms with E-state index in [2.05, 4.69) is 41.8 Å². The highest BCUT2D eigenvalue weighted by atomic mass is 16.5. The third-order valence-electron chi connectivity index (χ3n) is 6.69. The second-order valence-corrected chi connectivity index (χ2v) is 8.64. The monoisotopic (exact) mass is 440 g/mol. The lowest BCUT2D eigenvalue weighted by atomic mass is 9.76. The summed E-state index contributed by atoms with van der Waals surface area (Å²) >= 11 is 0. The first-order chi connectivity index (χ1) is 16.1. The molecule has 1 heterocycles. The summed E-state index contributed by atoms with van der Waals surface area (Å²) in [5.41, 5.74) is 6.26. The smallest absolute Gasteiger partial charge is 0.161 e. The summed E-state index contributed by atoms with van der Waals surface area (Å²) in [6.07, 6.45) is 2.65. The van der Waals surface area contributed by atoms with Crippen LogP contribution in [0.25, 0.3) is 0 Å². The molecule has 2 aliphatic rings. The van der Waals surface area contributed by atoms with Crippen LogP contribution in [0.15, 0.2) is 78.5 Å². The second-order valence-electron chi connectivity index (χ2n) is 8.64. The summed E-state index contributed by atoms with van der Waals surface area (Å²) in [5, 5.41) is 7.26. The van der Waals surface area contributed by atoms with Gasteiger partial charge < -0.3 is 20.1 Å². The van der Waals surface area contributed by atoms with Gasteiger partial charge in [0.15, 0.2) is 11.5 Å². The average Bonchev–Trinajstić information content (AvgIpc) is 3.00. The Labute approximate surface area is 194 Å². The number of ketones is 1. The highest BCUT2D eigenvalue weighted by Crippen LogP contribution is 2.45. The van der Waals surface area contributed by atoms with Gasteiger partial charge in [0.1, 0.15) is 5.78 Å². The molecule has 168 valence electrons. The first-order valence-electron chi connectivity index (χ1n) is 11.2. The zero-order chi connectivity index (χ0) is 22.9. The quantitative estimate of drug-likeness (QED) is 0.533. The van der Waals surface area contributed by atoms with Gasteiger partial charge in [0.05, 0.1) is 37.6 Å². The van der Waals surface area contributed by atoms with Crippen molar-refractivity contribution in [3.05, 3.63) is 95.2 Å². The van der Waals surface area contributed by atoms with E-state index >= 15 is 0 Å². The molecule has 5 rings (SSSR count). The molecular weight excluding hydrogens is 412 g/mol. The van der Waals surface area contributed by atoms with E-state index in [1.165, 1.54) is 5.56 Å². The van der Waals surface area contributed by atoms with Gasteiger partial charge in [-0.15, -0.1) is 0 Å². The van der Waals surface area contributed by atoms with E-state index in [1.54, 1.807) is 14.2 Å². The number of carbonyl (C=O) groups is 1. The Morgan fingerprint density at radius 1 is 0.879 bits per heavy atom. The van der Waals surface area contributed by atoms with E-state index in [4.69, 9.17) is 9.47 Å². The minimum absolute atomic E-state index is 0.0427. The third kappa shape index (κ3) is 3.84. The van der Waals surface area contributed by atoms with Gasteiger partial charge in [0.25, 0.3) is 0 Å². The van der Waals surface area contributed by atoms with Crippen molar-refractivity contribution >= 4 is 17.2 Å². The highest BCUT2D eigenvalue weighted by molar-refractivity contribution is 5.90. The van der Waals surface area contributed by atoms with Crippen LogP contribution >= 0.6 is 0 Å². The van der Waals surface area contributed by atoms with Crippen LogP contribution in [0, 0.1) is 12.8 Å². The number of rotatable bonds is 4. The van der Waals surface area contributed by atoms with Crippen LogP contribution in [0.3, 0.4) is 0 Å². The summed E-state index contributed by atoms with van der Waals surface area (Å²) in [6, 6.07) is 22.2. The van der Waals surface area contributed by atoms with Gasteiger partial charge in [0, 0.05) is 18.0 Å². The molecule has 3 atom stereocenters. The SMILES string of the molecule is COc1ccc(C2C=C3Nc4ccccc4NC(c4ccccc4C)C3C(=O)C2)cc1OC. The average molecular weight is 441 g/mol. The molecule has 3 aromatic rings. The van der Waals surface area contributed by atoms with E-state index < -0.39 is 0 Å². The Morgan fingerprint density at radius 3 is 2.36 bits per heavy atom. The molecule has 0 radical (unpaired) electrons. The molecular formula is C28H28N2O3. The van der Waals surface area contributed by atoms with Gasteiger partial charge in [0.2, 0.25) is 0 Å². The van der Waals surface area contributed by atoms with E-state index in [-0.39, 0.29) is 23.7 Å². The number of para-hydroxylation sites is 2. The maximum Gasteiger partial charge on any atom is 0.161 e. The fraction of sp³-hybridized carbons (Fsp3) is 0.250. The summed E-state index contributed by atoms with van der Waals surface area (Å²) in [7, 11) is 3.25. The molecule has 2 N–H and O–H groups in total. The van der Waals surface area contributed by atoms with Gasteiger partial charge in [-0.25, -0.2) is 0 Å². The predicted octanol–water partition coefficient (Wildman–Crippen LogP) is 5.85. The lowest BCUT2D eigenvalue weighted by Gasteiger charge is -2.33. The summed E-state index contributed by atoms with van der Waals surface area (Å²) in [4.78, 5) is 13.7. The molecule has 5 heteroatoms. The van der Waals surface area contributed by atoms with E-state index in [9.17, 15) is 4.79 Å². The highest BCUT2D eigenvalue weighted by Gasteiger charge is 2.40. The Balaban J connectivity index is 1.61. The molecule has 33 heavy (non-hydrogen) atoms. The first kappa shape index (κ1) is 21.1. The molecule has 0 bridgehead atoms. The number of hydrogen-bond donors (Lipinski definition) is 2. The van der Waals surface area contributed by atoms with Crippen molar-refractivity contribution in [2.75, 3.05) is 24.9 Å². The molecule has 0 amide bonds. The van der Waals surface area contributed by atoms with Crippen molar-refractivity contribution in [2.45, 2.75) is 25.3 Å². The Kier molecular flexibility index (Phi) is 5.55. The lowest BCUT2D eigenvalue weighted by molar-refractivity contribution is -0.122. The third-order valence-corrected chi connectivity index (χ3v) is 6.69. The largest absolute Gasteiger partial charge is 0.493 e. The summed E-state index contributed by atoms with van der Waals surface area (Å²) in [6.45, 7) is 2.10. The van der Waals surface area contributed by atoms with Gasteiger partial charge in [-0.3, -0.25) is 4.79 Å². The van der Waals surface area contributed by atoms with E-state index in [0.29, 0.717) is 17.9 Å². The van der Waals surface area contributed by atoms with E-state index in [0.717, 1.165) is 28.2 Å². The minimum atomic E-state index is -0.296. The molecule has 0 saturated carbocycles. The van der Waals surface area contributed by atoms with Crippen LogP contribution in [-0.2, 0) is 4.79 Å². The van der Waals surface area contributed by atoms with Crippen molar-refractivity contribution in [1.29, 1.82) is 0 Å². The zero-order valence-electron chi connectivity index (χ0n) is 19.1. The van der Waals surface area contributed by atoms with Crippen LogP contribution in [0.4, 0.5) is 11.4 Å². The van der Waals surface area contributed by atoms with Crippen LogP contribution in [-0.4, -0.2) is 20.0 Å². The van der Waals surface area contributed by atoms with E-state index in [1.807, 2.05) is 48.5 Å². The van der Waals surface area contributed by atoms with Gasteiger partial charge >= 0.3 is 0 Å². The molecule has 0 fully saturated rings. The molecule has 1 aliphatic heterocycles. The van der Waals surface area contributed by atoms with Crippen molar-refractivity contribution in [3.63, 3.8) is 0 Å². The molecule has 1 aliphatic carbocycles. The summed E-state index contributed by atoms with van der Waals surface area (Å²) < 4.78 is 10.9. The summed E-state index contributed by atoms with van der Waals surface area (Å²) in [5.74, 6) is 1.22. The van der Waals surface area contributed by atoms with Crippen molar-refractivity contribution < 1.29 is 14.3 Å². The number of carbonyl (C=O) groups excluding carboxylic acids is 1. The number of anilines is 2. The van der Waals surface area contributed by atoms with Crippen LogP contribution in [0.1, 0.15) is 35.1 Å². The van der Waals surface area contributed by atoms with Gasteiger partial charge in [-0.1, -0.05) is 48.5 Å². The Morgan fingerprint density at radius 2 is 1.61 bits per heavy atom. The standard InChI is InChI=1S/C28H28N2O3/c1-17-8-4-5-9-20(17)28-27-23(29-21-10-6-7-11-22(21)30-28)14-19(15-24(27)31)18-12-13-25(32-2)26(16-18)33-3/h4-14,16,19,27-30H,15H2,1-3H3. The number of benzene rings is 3. The van der Waals surface area contributed by atoms with Crippen molar-refractivity contribution in [3.8, 4) is 11.5 Å². The number of methoxy groups -OCH3 is 2. The number of nitrogens with one attached hydrogen (secondary N) is 2. The van der Waals surface area contributed by atoms with Crippen LogP contribution < -0.4 is 20.1 Å². The molecule has 5 nitrogen and oxygen atoms in total. The topological polar surface area (TPSA) is 59.6 Å². The first-order valence-corrected chi connectivity index (χ1v) is 11.2. The van der Waals surface area contributed by atoms with Gasteiger partial charge in [-0.05, 0) is 47.9 Å². The predicted molar refractivity (Wildman–Crippen MR) is 131 cm³/mol. The normalized spacial score (nSPS) is 21.5. The minimum Gasteiger partial charge on any atom is -0.493 e. The second kappa shape index (κ2) is 8.66. The Bertz CT molecular complexity index is 1230. The fourth-order valence-corrected chi connectivity index (χ4v) is 5.00. The number of Topliss-reactive ketones (excluding diaryl/α,β-unsaturated/α-hetero) is 1. The number of aryl methyl sites for hydroxylation is 1. The van der Waals surface area contributed by atoms with Crippen LogP contribution in [0.5, 0.6) is 11.5 Å². The fourth-order valence-electron chi connectivity index (χ4n) is 5.00. The Hall–Kier alpha value is -3.73. The molecule has 0 aromatic heterocycles. The van der Waals surface area contributed by atoms with Gasteiger partial charge in [-0.2, -0.15) is 0 Å². The number of hydrogen-bond acceptors (Lipinski definition) is 5. The van der Waals surface area contributed by atoms with Crippen molar-refractivity contribution in [2.24, 2.45) is 5.92 Å².